The van der Waals surface area contributed by atoms with Gasteiger partial charge in [-0.25, -0.2) is 5.43 Å². The van der Waals surface area contributed by atoms with Gasteiger partial charge in [0, 0.05) is 11.4 Å². The lowest BCUT2D eigenvalue weighted by Crippen LogP contribution is -2.50. The molecule has 2 N–H and O–H groups in total. The summed E-state index contributed by atoms with van der Waals surface area (Å²) in [6.07, 6.45) is 0.810. The molecule has 206 valence electrons. The minimum absolute atomic E-state index is 0.250. The van der Waals surface area contributed by atoms with Crippen molar-refractivity contribution in [1.29, 1.82) is 0 Å². The number of benzene rings is 3. The fraction of sp³-hybridized carbons (Fsp3) is 0.276. The summed E-state index contributed by atoms with van der Waals surface area (Å²) in [5.41, 5.74) is 4.09. The minimum atomic E-state index is -0.931. The molecule has 0 bridgehead atoms. The van der Waals surface area contributed by atoms with Crippen molar-refractivity contribution in [2.75, 3.05) is 13.2 Å². The number of hydrogen-bond acceptors (Lipinski definition) is 6. The fourth-order valence-electron chi connectivity index (χ4n) is 3.56. The van der Waals surface area contributed by atoms with E-state index in [1.54, 1.807) is 37.3 Å². The Morgan fingerprint density at radius 2 is 1.59 bits per heavy atom. The van der Waals surface area contributed by atoms with E-state index < -0.39 is 24.0 Å². The maximum atomic E-state index is 13.1. The van der Waals surface area contributed by atoms with Gasteiger partial charge in [-0.15, -0.1) is 0 Å². The van der Waals surface area contributed by atoms with E-state index in [2.05, 4.69) is 15.8 Å². The summed E-state index contributed by atoms with van der Waals surface area (Å²) in [5.74, 6) is 0.533. The molecule has 10 heteroatoms. The van der Waals surface area contributed by atoms with Crippen molar-refractivity contribution in [1.82, 2.24) is 10.7 Å². The summed E-state index contributed by atoms with van der Waals surface area (Å²) in [7, 11) is 0. The van der Waals surface area contributed by atoms with E-state index in [1.165, 1.54) is 12.3 Å². The van der Waals surface area contributed by atoms with Crippen molar-refractivity contribution in [3.63, 3.8) is 0 Å². The highest BCUT2D eigenvalue weighted by molar-refractivity contribution is 6.35. The Morgan fingerprint density at radius 1 is 0.897 bits per heavy atom. The molecule has 3 aromatic rings. The lowest BCUT2D eigenvalue weighted by Gasteiger charge is -2.21. The summed E-state index contributed by atoms with van der Waals surface area (Å²) < 4.78 is 16.9. The molecule has 0 aliphatic heterocycles. The number of nitrogens with one attached hydrogen (secondary N) is 2. The molecule has 0 aliphatic carbocycles. The predicted molar refractivity (Wildman–Crippen MR) is 153 cm³/mol. The molecule has 2 amide bonds. The number of ether oxygens (including phenoxy) is 3. The molecule has 0 fully saturated rings. The van der Waals surface area contributed by atoms with Crippen LogP contribution in [-0.4, -0.2) is 43.4 Å². The zero-order valence-corrected chi connectivity index (χ0v) is 23.5. The predicted octanol–water partition coefficient (Wildman–Crippen LogP) is 5.44. The quantitative estimate of drug-likeness (QED) is 0.210. The van der Waals surface area contributed by atoms with E-state index in [0.29, 0.717) is 41.0 Å². The second-order valence-electron chi connectivity index (χ2n) is 8.39. The van der Waals surface area contributed by atoms with Crippen LogP contribution in [0.5, 0.6) is 17.2 Å². The first-order valence-corrected chi connectivity index (χ1v) is 13.2. The molecule has 0 heterocycles. The third-order valence-electron chi connectivity index (χ3n) is 5.44. The molecule has 0 radical (unpaired) electrons. The first kappa shape index (κ1) is 29.8. The van der Waals surface area contributed by atoms with Gasteiger partial charge in [-0.1, -0.05) is 53.5 Å². The Kier molecular flexibility index (Phi) is 11.5. The van der Waals surface area contributed by atoms with Gasteiger partial charge in [-0.2, -0.15) is 5.10 Å². The monoisotopic (exact) mass is 571 g/mol. The van der Waals surface area contributed by atoms with Crippen molar-refractivity contribution in [2.45, 2.75) is 39.3 Å². The Morgan fingerprint density at radius 3 is 2.28 bits per heavy atom. The van der Waals surface area contributed by atoms with E-state index in [-0.39, 0.29) is 11.4 Å². The molecule has 0 aromatic heterocycles. The maximum Gasteiger partial charge on any atom is 0.262 e. The maximum absolute atomic E-state index is 13.1. The molecule has 3 aromatic carbocycles. The molecule has 0 aliphatic rings. The van der Waals surface area contributed by atoms with Crippen molar-refractivity contribution < 1.29 is 23.8 Å². The third-order valence-corrected chi connectivity index (χ3v) is 5.97. The average Bonchev–Trinajstić information content (AvgIpc) is 2.92. The standard InChI is InChI=1S/C29H31Cl2N3O5/c1-4-37-26-13-11-21(16-27(26)38-5-2)18-32-34-29(36)24(15-20-9-7-6-8-10-20)33-28(35)19(3)39-25-14-12-22(30)17-23(25)31/h6-14,16-19,24H,4-5,15H2,1-3H3,(H,33,35)(H,34,36)/b32-18-/t19-,24-/m0/s1. The van der Waals surface area contributed by atoms with Crippen LogP contribution in [0.1, 0.15) is 31.9 Å². The summed E-state index contributed by atoms with van der Waals surface area (Å²) in [6.45, 7) is 6.33. The van der Waals surface area contributed by atoms with Gasteiger partial charge in [0.1, 0.15) is 11.8 Å². The largest absolute Gasteiger partial charge is 0.490 e. The second-order valence-corrected chi connectivity index (χ2v) is 9.24. The Hall–Kier alpha value is -3.75. The van der Waals surface area contributed by atoms with E-state index in [1.807, 2.05) is 44.2 Å². The van der Waals surface area contributed by atoms with Crippen LogP contribution in [0.4, 0.5) is 0 Å². The third kappa shape index (κ3) is 9.19. The van der Waals surface area contributed by atoms with Crippen LogP contribution in [0, 0.1) is 0 Å². The number of hydrazone groups is 1. The second kappa shape index (κ2) is 15.0. The number of nitrogens with zero attached hydrogens (tertiary/aromatic N) is 1. The highest BCUT2D eigenvalue weighted by Crippen LogP contribution is 2.29. The molecule has 2 atom stereocenters. The Labute approximate surface area is 238 Å². The van der Waals surface area contributed by atoms with E-state index in [4.69, 9.17) is 37.4 Å². The van der Waals surface area contributed by atoms with Crippen LogP contribution in [0.15, 0.2) is 71.8 Å². The van der Waals surface area contributed by atoms with E-state index in [0.717, 1.165) is 5.56 Å². The normalized spacial score (nSPS) is 12.4. The molecule has 0 unspecified atom stereocenters. The van der Waals surface area contributed by atoms with Crippen molar-refractivity contribution in [3.05, 3.63) is 87.9 Å². The molecule has 8 nitrogen and oxygen atoms in total. The SMILES string of the molecule is CCOc1ccc(/C=N\NC(=O)[C@H](Cc2ccccc2)NC(=O)[C@H](C)Oc2ccc(Cl)cc2Cl)cc1OCC. The van der Waals surface area contributed by atoms with Gasteiger partial charge in [-0.3, -0.25) is 9.59 Å². The zero-order valence-electron chi connectivity index (χ0n) is 21.9. The Balaban J connectivity index is 1.70. The minimum Gasteiger partial charge on any atom is -0.490 e. The molecule has 0 saturated heterocycles. The highest BCUT2D eigenvalue weighted by Gasteiger charge is 2.25. The van der Waals surface area contributed by atoms with Gasteiger partial charge in [0.05, 0.1) is 24.5 Å². The molecule has 0 spiro atoms. The summed E-state index contributed by atoms with van der Waals surface area (Å²) in [5, 5.41) is 7.57. The topological polar surface area (TPSA) is 98.2 Å². The number of carbonyl (C=O) groups is 2. The van der Waals surface area contributed by atoms with Crippen LogP contribution >= 0.6 is 23.2 Å². The fourth-order valence-corrected chi connectivity index (χ4v) is 4.01. The van der Waals surface area contributed by atoms with E-state index >= 15 is 0 Å². The van der Waals surface area contributed by atoms with Crippen LogP contribution in [0.2, 0.25) is 10.0 Å². The van der Waals surface area contributed by atoms with E-state index in [9.17, 15) is 9.59 Å². The smallest absolute Gasteiger partial charge is 0.262 e. The number of hydrogen-bond donors (Lipinski definition) is 2. The summed E-state index contributed by atoms with van der Waals surface area (Å²) >= 11 is 12.1. The molecule has 3 rings (SSSR count). The lowest BCUT2D eigenvalue weighted by atomic mass is 10.1. The molecule has 39 heavy (non-hydrogen) atoms. The summed E-state index contributed by atoms with van der Waals surface area (Å²) in [4.78, 5) is 26.1. The lowest BCUT2D eigenvalue weighted by molar-refractivity contribution is -0.132. The van der Waals surface area contributed by atoms with Crippen LogP contribution < -0.4 is 25.0 Å². The van der Waals surface area contributed by atoms with Crippen molar-refractivity contribution >= 4 is 41.2 Å². The number of rotatable bonds is 13. The summed E-state index contributed by atoms with van der Waals surface area (Å²) in [6, 6.07) is 18.5. The Bertz CT molecular complexity index is 1290. The molecular weight excluding hydrogens is 541 g/mol. The molecular formula is C29H31Cl2N3O5. The number of carbonyl (C=O) groups excluding carboxylic acids is 2. The van der Waals surface area contributed by atoms with Gasteiger partial charge in [-0.05, 0) is 68.3 Å². The average molecular weight is 572 g/mol. The zero-order chi connectivity index (χ0) is 28.2. The van der Waals surface area contributed by atoms with Gasteiger partial charge < -0.3 is 19.5 Å². The first-order chi connectivity index (χ1) is 18.8. The first-order valence-electron chi connectivity index (χ1n) is 12.5. The van der Waals surface area contributed by atoms with Crippen molar-refractivity contribution in [3.8, 4) is 17.2 Å². The van der Waals surface area contributed by atoms with Crippen LogP contribution in [-0.2, 0) is 16.0 Å². The van der Waals surface area contributed by atoms with Crippen molar-refractivity contribution in [2.24, 2.45) is 5.10 Å². The number of halogens is 2. The van der Waals surface area contributed by atoms with Gasteiger partial charge >= 0.3 is 0 Å². The van der Waals surface area contributed by atoms with Gasteiger partial charge in [0.2, 0.25) is 0 Å². The highest BCUT2D eigenvalue weighted by atomic mass is 35.5. The van der Waals surface area contributed by atoms with Crippen LogP contribution in [0.25, 0.3) is 0 Å². The molecule has 0 saturated carbocycles. The van der Waals surface area contributed by atoms with Crippen LogP contribution in [0.3, 0.4) is 0 Å². The van der Waals surface area contributed by atoms with Gasteiger partial charge in [0.15, 0.2) is 17.6 Å². The van der Waals surface area contributed by atoms with Gasteiger partial charge in [0.25, 0.3) is 11.8 Å². The number of amides is 2.